The van der Waals surface area contributed by atoms with Gasteiger partial charge in [0.2, 0.25) is 0 Å². The van der Waals surface area contributed by atoms with Crippen molar-refractivity contribution in [3.63, 3.8) is 0 Å². The first-order valence-corrected chi connectivity index (χ1v) is 11.4. The predicted molar refractivity (Wildman–Crippen MR) is 123 cm³/mol. The number of hydrogen-bond donors (Lipinski definition) is 0. The molecule has 168 valence electrons. The van der Waals surface area contributed by atoms with E-state index >= 15 is 0 Å². The highest BCUT2D eigenvalue weighted by Crippen LogP contribution is 2.62. The summed E-state index contributed by atoms with van der Waals surface area (Å²) in [7, 11) is 4.19. The van der Waals surface area contributed by atoms with Gasteiger partial charge in [-0.1, -0.05) is 38.1 Å². The van der Waals surface area contributed by atoms with Crippen LogP contribution < -0.4 is 9.47 Å². The molecule has 1 fully saturated rings. The van der Waals surface area contributed by atoms with E-state index in [-0.39, 0.29) is 11.2 Å². The fraction of sp³-hybridized carbons (Fsp3) is 0.538. The Morgan fingerprint density at radius 3 is 2.68 bits per heavy atom. The molecule has 0 aromatic heterocycles. The first-order chi connectivity index (χ1) is 14.8. The molecule has 1 aliphatic heterocycles. The summed E-state index contributed by atoms with van der Waals surface area (Å²) in [6.07, 6.45) is 10.7. The highest BCUT2D eigenvalue weighted by Gasteiger charge is 2.65. The fourth-order valence-corrected chi connectivity index (χ4v) is 5.38. The number of rotatable bonds is 4. The summed E-state index contributed by atoms with van der Waals surface area (Å²) in [5.41, 5.74) is 1.03. The van der Waals surface area contributed by atoms with Gasteiger partial charge in [0, 0.05) is 29.5 Å². The predicted octanol–water partition coefficient (Wildman–Crippen LogP) is 4.77. The lowest BCUT2D eigenvalue weighted by Crippen LogP contribution is -2.61. The van der Waals surface area contributed by atoms with Crippen molar-refractivity contribution in [2.75, 3.05) is 14.1 Å². The SMILES string of the molecule is C/C=C/C=C/C(=O)Oc1ccc2c3c1O[C@@]1(C)C(=O)CCC[C@]31C[C@H](N(C)C)C2.CC. The van der Waals surface area contributed by atoms with Gasteiger partial charge in [-0.25, -0.2) is 4.79 Å². The number of carbonyl (C=O) groups is 2. The molecule has 31 heavy (non-hydrogen) atoms. The number of likely N-dealkylation sites (N-methyl/N-ethyl adjacent to an activating group) is 1. The minimum absolute atomic E-state index is 0.149. The minimum Gasteiger partial charge on any atom is -0.475 e. The Hall–Kier alpha value is -2.40. The van der Waals surface area contributed by atoms with E-state index in [0.29, 0.717) is 24.0 Å². The Labute approximate surface area is 186 Å². The highest BCUT2D eigenvalue weighted by molar-refractivity contribution is 5.93. The molecule has 4 rings (SSSR count). The molecule has 0 N–H and O–H groups in total. The fourth-order valence-electron chi connectivity index (χ4n) is 5.38. The molecule has 2 aliphatic carbocycles. The number of benzene rings is 1. The highest BCUT2D eigenvalue weighted by atomic mass is 16.6. The lowest BCUT2D eigenvalue weighted by atomic mass is 9.55. The Kier molecular flexibility index (Phi) is 6.75. The van der Waals surface area contributed by atoms with E-state index in [1.807, 2.05) is 45.9 Å². The largest absolute Gasteiger partial charge is 0.475 e. The maximum Gasteiger partial charge on any atom is 0.336 e. The first kappa shape index (κ1) is 23.3. The van der Waals surface area contributed by atoms with Crippen LogP contribution in [0.5, 0.6) is 11.5 Å². The van der Waals surface area contributed by atoms with Gasteiger partial charge in [-0.3, -0.25) is 4.79 Å². The summed E-state index contributed by atoms with van der Waals surface area (Å²) in [5.74, 6) is 0.691. The van der Waals surface area contributed by atoms with Crippen LogP contribution in [0.3, 0.4) is 0 Å². The van der Waals surface area contributed by atoms with Gasteiger partial charge in [0.25, 0.3) is 0 Å². The van der Waals surface area contributed by atoms with Crippen molar-refractivity contribution in [2.45, 2.75) is 76.9 Å². The van der Waals surface area contributed by atoms with Crippen LogP contribution in [0.4, 0.5) is 0 Å². The zero-order valence-corrected chi connectivity index (χ0v) is 19.7. The van der Waals surface area contributed by atoms with Gasteiger partial charge in [0.15, 0.2) is 22.9 Å². The van der Waals surface area contributed by atoms with Crippen molar-refractivity contribution in [3.8, 4) is 11.5 Å². The van der Waals surface area contributed by atoms with Crippen LogP contribution >= 0.6 is 0 Å². The smallest absolute Gasteiger partial charge is 0.336 e. The molecule has 3 aliphatic rings. The molecule has 1 aromatic rings. The lowest BCUT2D eigenvalue weighted by Gasteiger charge is -2.49. The van der Waals surface area contributed by atoms with E-state index in [0.717, 1.165) is 31.2 Å². The molecule has 0 saturated heterocycles. The Morgan fingerprint density at radius 2 is 2.00 bits per heavy atom. The molecule has 0 amide bonds. The first-order valence-electron chi connectivity index (χ1n) is 11.4. The van der Waals surface area contributed by atoms with Gasteiger partial charge in [-0.2, -0.15) is 0 Å². The second kappa shape index (κ2) is 8.99. The van der Waals surface area contributed by atoms with Gasteiger partial charge >= 0.3 is 5.97 Å². The van der Waals surface area contributed by atoms with Crippen LogP contribution in [0.15, 0.2) is 36.4 Å². The standard InChI is InChI=1S/C24H29NO4.C2H6/c1-5-6-7-10-20(27)28-18-12-11-16-14-17(25(3)4)15-24-13-8-9-19(26)23(24,2)29-22(18)21(16)24;1-2/h5-7,10-12,17H,8-9,13-15H2,1-4H3;1-2H3/b6-5+,10-7+;/t17-,23+,24+;/m1./s1. The molecular formula is C26H35NO4. The number of allylic oxidation sites excluding steroid dienone is 3. The van der Waals surface area contributed by atoms with Crippen LogP contribution in [-0.4, -0.2) is 42.4 Å². The minimum atomic E-state index is -0.902. The third kappa shape index (κ3) is 3.73. The monoisotopic (exact) mass is 425 g/mol. The molecule has 1 heterocycles. The maximum absolute atomic E-state index is 13.1. The quantitative estimate of drug-likeness (QED) is 0.301. The van der Waals surface area contributed by atoms with Crippen LogP contribution in [0.25, 0.3) is 0 Å². The number of esters is 1. The molecule has 0 unspecified atom stereocenters. The van der Waals surface area contributed by atoms with Crippen LogP contribution in [0, 0.1) is 0 Å². The van der Waals surface area contributed by atoms with Gasteiger partial charge < -0.3 is 14.4 Å². The summed E-state index contributed by atoms with van der Waals surface area (Å²) in [6, 6.07) is 4.20. The lowest BCUT2D eigenvalue weighted by molar-refractivity contribution is -0.142. The van der Waals surface area contributed by atoms with E-state index in [1.54, 1.807) is 12.2 Å². The Morgan fingerprint density at radius 1 is 1.26 bits per heavy atom. The van der Waals surface area contributed by atoms with Crippen LogP contribution in [-0.2, 0) is 21.4 Å². The second-order valence-electron chi connectivity index (χ2n) is 8.75. The van der Waals surface area contributed by atoms with Crippen LogP contribution in [0.1, 0.15) is 64.5 Å². The van der Waals surface area contributed by atoms with Crippen molar-refractivity contribution in [3.05, 3.63) is 47.6 Å². The third-order valence-corrected chi connectivity index (χ3v) is 6.96. The molecule has 0 radical (unpaired) electrons. The molecule has 1 spiro atoms. The Balaban J connectivity index is 0.00000132. The number of ketones is 1. The van der Waals surface area contributed by atoms with Gasteiger partial charge in [0.1, 0.15) is 0 Å². The van der Waals surface area contributed by atoms with Crippen molar-refractivity contribution in [2.24, 2.45) is 0 Å². The molecule has 1 saturated carbocycles. The van der Waals surface area contributed by atoms with E-state index in [2.05, 4.69) is 19.0 Å². The maximum atomic E-state index is 13.1. The van der Waals surface area contributed by atoms with Gasteiger partial charge in [-0.15, -0.1) is 0 Å². The number of nitrogens with zero attached hydrogens (tertiary/aromatic N) is 1. The van der Waals surface area contributed by atoms with Crippen LogP contribution in [0.2, 0.25) is 0 Å². The van der Waals surface area contributed by atoms with Crippen molar-refractivity contribution >= 4 is 11.8 Å². The summed E-state index contributed by atoms with van der Waals surface area (Å²) >= 11 is 0. The van der Waals surface area contributed by atoms with Crippen molar-refractivity contribution < 1.29 is 19.1 Å². The van der Waals surface area contributed by atoms with Crippen molar-refractivity contribution in [1.82, 2.24) is 4.90 Å². The van der Waals surface area contributed by atoms with E-state index in [1.165, 1.54) is 11.6 Å². The molecule has 5 nitrogen and oxygen atoms in total. The molecule has 3 atom stereocenters. The number of hydrogen-bond acceptors (Lipinski definition) is 5. The molecule has 5 heteroatoms. The zero-order valence-electron chi connectivity index (χ0n) is 19.7. The molecule has 0 bridgehead atoms. The summed E-state index contributed by atoms with van der Waals surface area (Å²) in [5, 5.41) is 0. The molecule has 1 aromatic carbocycles. The molecular weight excluding hydrogens is 390 g/mol. The summed E-state index contributed by atoms with van der Waals surface area (Å²) in [4.78, 5) is 27.6. The number of Topliss-reactive ketones (excluding diaryl/α,β-unsaturated/α-hetero) is 1. The van der Waals surface area contributed by atoms with Gasteiger partial charge in [0.05, 0.1) is 0 Å². The van der Waals surface area contributed by atoms with Gasteiger partial charge in [-0.05, 0) is 65.3 Å². The summed E-state index contributed by atoms with van der Waals surface area (Å²) < 4.78 is 12.1. The third-order valence-electron chi connectivity index (χ3n) is 6.96. The topological polar surface area (TPSA) is 55.8 Å². The van der Waals surface area contributed by atoms with Crippen molar-refractivity contribution in [1.29, 1.82) is 0 Å². The average molecular weight is 426 g/mol. The van der Waals surface area contributed by atoms with E-state index in [4.69, 9.17) is 9.47 Å². The Bertz CT molecular complexity index is 916. The second-order valence-corrected chi connectivity index (χ2v) is 8.75. The van der Waals surface area contributed by atoms with E-state index in [9.17, 15) is 9.59 Å². The number of ether oxygens (including phenoxy) is 2. The van der Waals surface area contributed by atoms with E-state index < -0.39 is 11.6 Å². The number of carbonyl (C=O) groups excluding carboxylic acids is 2. The average Bonchev–Trinajstić information content (AvgIpc) is 3.03. The normalized spacial score (nSPS) is 28.7. The zero-order chi connectivity index (χ0) is 22.8. The summed E-state index contributed by atoms with van der Waals surface area (Å²) in [6.45, 7) is 7.82.